The molecule has 5 heteroatoms. The van der Waals surface area contributed by atoms with Crippen LogP contribution in [0.4, 0.5) is 0 Å². The first kappa shape index (κ1) is 12.5. The molecule has 2 rings (SSSR count). The van der Waals surface area contributed by atoms with Crippen molar-refractivity contribution in [3.8, 4) is 0 Å². The van der Waals surface area contributed by atoms with E-state index in [1.54, 1.807) is 6.20 Å². The lowest BCUT2D eigenvalue weighted by atomic mass is 10.1. The van der Waals surface area contributed by atoms with Crippen molar-refractivity contribution in [1.29, 1.82) is 0 Å². The molecular weight excluding hydrogens is 284 g/mol. The maximum absolute atomic E-state index is 11.8. The zero-order valence-corrected chi connectivity index (χ0v) is 11.1. The van der Waals surface area contributed by atoms with Gasteiger partial charge in [-0.2, -0.15) is 0 Å². The van der Waals surface area contributed by atoms with Gasteiger partial charge in [-0.05, 0) is 31.4 Å². The highest BCUT2D eigenvalue weighted by Crippen LogP contribution is 2.13. The van der Waals surface area contributed by atoms with Crippen LogP contribution in [0.1, 0.15) is 25.0 Å². The van der Waals surface area contributed by atoms with E-state index in [4.69, 9.17) is 4.74 Å². The van der Waals surface area contributed by atoms with E-state index in [0.717, 1.165) is 29.4 Å². The molecule has 1 aromatic heterocycles. The molecule has 17 heavy (non-hydrogen) atoms. The summed E-state index contributed by atoms with van der Waals surface area (Å²) in [5.74, 6) is -0.0357. The van der Waals surface area contributed by atoms with Gasteiger partial charge in [-0.15, -0.1) is 0 Å². The van der Waals surface area contributed by atoms with Crippen LogP contribution in [0.3, 0.4) is 0 Å². The maximum atomic E-state index is 11.8. The van der Waals surface area contributed by atoms with Gasteiger partial charge in [0.05, 0.1) is 12.2 Å². The standard InChI is InChI=1S/C12H15BrN2O2/c13-9-4-5-14-10(7-9)8-15-12(16)11-3-1-2-6-17-11/h4-5,7,11H,1-3,6,8H2,(H,15,16). The van der Waals surface area contributed by atoms with E-state index in [9.17, 15) is 4.79 Å². The Morgan fingerprint density at radius 1 is 1.59 bits per heavy atom. The highest BCUT2D eigenvalue weighted by Gasteiger charge is 2.21. The SMILES string of the molecule is O=C(NCc1cc(Br)ccn1)C1CCCCO1. The average molecular weight is 299 g/mol. The Hall–Kier alpha value is -0.940. The van der Waals surface area contributed by atoms with Crippen molar-refractivity contribution in [1.82, 2.24) is 10.3 Å². The van der Waals surface area contributed by atoms with Gasteiger partial charge in [0.2, 0.25) is 5.91 Å². The second-order valence-corrected chi connectivity index (χ2v) is 4.95. The molecule has 1 N–H and O–H groups in total. The van der Waals surface area contributed by atoms with Crippen LogP contribution >= 0.6 is 15.9 Å². The molecule has 0 spiro atoms. The number of halogens is 1. The maximum Gasteiger partial charge on any atom is 0.249 e. The number of nitrogens with one attached hydrogen (secondary N) is 1. The molecule has 92 valence electrons. The Kier molecular flexibility index (Phi) is 4.50. The molecule has 1 amide bonds. The molecule has 0 radical (unpaired) electrons. The van der Waals surface area contributed by atoms with Crippen LogP contribution in [-0.2, 0) is 16.1 Å². The Morgan fingerprint density at radius 2 is 2.47 bits per heavy atom. The van der Waals surface area contributed by atoms with Crippen molar-refractivity contribution in [2.75, 3.05) is 6.61 Å². The van der Waals surface area contributed by atoms with Crippen LogP contribution in [0.5, 0.6) is 0 Å². The molecule has 0 aromatic carbocycles. The van der Waals surface area contributed by atoms with Crippen molar-refractivity contribution in [2.24, 2.45) is 0 Å². The summed E-state index contributed by atoms with van der Waals surface area (Å²) in [7, 11) is 0. The molecule has 1 unspecified atom stereocenters. The second-order valence-electron chi connectivity index (χ2n) is 4.04. The van der Waals surface area contributed by atoms with Gasteiger partial charge in [-0.25, -0.2) is 0 Å². The minimum absolute atomic E-state index is 0.0357. The fraction of sp³-hybridized carbons (Fsp3) is 0.500. The number of amides is 1. The molecule has 1 aromatic rings. The summed E-state index contributed by atoms with van der Waals surface area (Å²) in [5, 5.41) is 2.85. The topological polar surface area (TPSA) is 51.2 Å². The average Bonchev–Trinajstić information content (AvgIpc) is 2.37. The summed E-state index contributed by atoms with van der Waals surface area (Å²) >= 11 is 3.37. The Bertz CT molecular complexity index is 392. The van der Waals surface area contributed by atoms with Crippen LogP contribution in [0.25, 0.3) is 0 Å². The van der Waals surface area contributed by atoms with E-state index in [1.807, 2.05) is 12.1 Å². The normalized spacial score (nSPS) is 19.9. The van der Waals surface area contributed by atoms with E-state index < -0.39 is 0 Å². The van der Waals surface area contributed by atoms with Crippen LogP contribution in [0.2, 0.25) is 0 Å². The lowest BCUT2D eigenvalue weighted by Crippen LogP contribution is -2.38. The van der Waals surface area contributed by atoms with E-state index >= 15 is 0 Å². The molecule has 1 atom stereocenters. The molecule has 1 aliphatic heterocycles. The van der Waals surface area contributed by atoms with E-state index in [1.165, 1.54) is 0 Å². The predicted molar refractivity (Wildman–Crippen MR) is 67.4 cm³/mol. The number of hydrogen-bond donors (Lipinski definition) is 1. The number of carbonyl (C=O) groups excluding carboxylic acids is 1. The first-order valence-corrected chi connectivity index (χ1v) is 6.55. The highest BCUT2D eigenvalue weighted by molar-refractivity contribution is 9.10. The van der Waals surface area contributed by atoms with Gasteiger partial charge in [0.25, 0.3) is 0 Å². The fourth-order valence-corrected chi connectivity index (χ4v) is 2.17. The van der Waals surface area contributed by atoms with E-state index in [2.05, 4.69) is 26.2 Å². The molecule has 0 bridgehead atoms. The first-order chi connectivity index (χ1) is 8.25. The largest absolute Gasteiger partial charge is 0.368 e. The second kappa shape index (κ2) is 6.12. The van der Waals surface area contributed by atoms with Crippen molar-refractivity contribution >= 4 is 21.8 Å². The zero-order chi connectivity index (χ0) is 12.1. The third-order valence-electron chi connectivity index (χ3n) is 2.69. The van der Waals surface area contributed by atoms with Gasteiger partial charge in [0.15, 0.2) is 0 Å². The third kappa shape index (κ3) is 3.78. The molecule has 0 saturated carbocycles. The number of pyridine rings is 1. The summed E-state index contributed by atoms with van der Waals surface area (Å²) in [5.41, 5.74) is 0.837. The van der Waals surface area contributed by atoms with Crippen LogP contribution in [0, 0.1) is 0 Å². The lowest BCUT2D eigenvalue weighted by molar-refractivity contribution is -0.135. The van der Waals surface area contributed by atoms with Crippen molar-refractivity contribution in [3.63, 3.8) is 0 Å². The van der Waals surface area contributed by atoms with Crippen molar-refractivity contribution < 1.29 is 9.53 Å². The van der Waals surface area contributed by atoms with Crippen LogP contribution in [0.15, 0.2) is 22.8 Å². The number of aromatic nitrogens is 1. The molecule has 2 heterocycles. The summed E-state index contributed by atoms with van der Waals surface area (Å²) in [4.78, 5) is 16.0. The summed E-state index contributed by atoms with van der Waals surface area (Å²) < 4.78 is 6.37. The van der Waals surface area contributed by atoms with Gasteiger partial charge in [-0.3, -0.25) is 9.78 Å². The Morgan fingerprint density at radius 3 is 3.18 bits per heavy atom. The molecule has 1 aliphatic rings. The molecular formula is C12H15BrN2O2. The first-order valence-electron chi connectivity index (χ1n) is 5.75. The summed E-state index contributed by atoms with van der Waals surface area (Å²) in [6.45, 7) is 1.13. The third-order valence-corrected chi connectivity index (χ3v) is 3.19. The van der Waals surface area contributed by atoms with Gasteiger partial charge >= 0.3 is 0 Å². The Balaban J connectivity index is 1.83. The van der Waals surface area contributed by atoms with Gasteiger partial charge in [-0.1, -0.05) is 15.9 Å². The molecule has 0 aliphatic carbocycles. The quantitative estimate of drug-likeness (QED) is 0.929. The summed E-state index contributed by atoms with van der Waals surface area (Å²) in [6, 6.07) is 3.75. The minimum atomic E-state index is -0.282. The Labute approximate surface area is 109 Å². The van der Waals surface area contributed by atoms with E-state index in [0.29, 0.717) is 13.2 Å². The van der Waals surface area contributed by atoms with Crippen LogP contribution in [-0.4, -0.2) is 23.6 Å². The zero-order valence-electron chi connectivity index (χ0n) is 9.49. The molecule has 4 nitrogen and oxygen atoms in total. The van der Waals surface area contributed by atoms with Gasteiger partial charge in [0.1, 0.15) is 6.10 Å². The van der Waals surface area contributed by atoms with Crippen LogP contribution < -0.4 is 5.32 Å². The molecule has 1 saturated heterocycles. The highest BCUT2D eigenvalue weighted by atomic mass is 79.9. The smallest absolute Gasteiger partial charge is 0.249 e. The molecule has 1 fully saturated rings. The fourth-order valence-electron chi connectivity index (χ4n) is 1.78. The number of hydrogen-bond acceptors (Lipinski definition) is 3. The summed E-state index contributed by atoms with van der Waals surface area (Å²) in [6.07, 6.45) is 4.36. The number of carbonyl (C=O) groups is 1. The monoisotopic (exact) mass is 298 g/mol. The van der Waals surface area contributed by atoms with E-state index in [-0.39, 0.29) is 12.0 Å². The minimum Gasteiger partial charge on any atom is -0.368 e. The predicted octanol–water partition coefficient (Wildman–Crippen LogP) is 2.03. The number of rotatable bonds is 3. The lowest BCUT2D eigenvalue weighted by Gasteiger charge is -2.21. The number of nitrogens with zero attached hydrogens (tertiary/aromatic N) is 1. The number of ether oxygens (including phenoxy) is 1. The van der Waals surface area contributed by atoms with Gasteiger partial charge in [0, 0.05) is 17.3 Å². The van der Waals surface area contributed by atoms with Gasteiger partial charge < -0.3 is 10.1 Å². The van der Waals surface area contributed by atoms with Crippen molar-refractivity contribution in [2.45, 2.75) is 31.9 Å². The van der Waals surface area contributed by atoms with Crippen molar-refractivity contribution in [3.05, 3.63) is 28.5 Å².